The number of hydrogen-bond donors (Lipinski definition) is 4. The SMILES string of the molecule is CC(CCCC(O)O)CC(C)C(O)O. The third kappa shape index (κ3) is 7.26. The van der Waals surface area contributed by atoms with E-state index in [4.69, 9.17) is 20.4 Å². The van der Waals surface area contributed by atoms with Gasteiger partial charge >= 0.3 is 0 Å². The fourth-order valence-corrected chi connectivity index (χ4v) is 1.52. The van der Waals surface area contributed by atoms with E-state index in [0.29, 0.717) is 12.3 Å². The quantitative estimate of drug-likeness (QED) is 0.456. The standard InChI is InChI=1S/C10H22O4/c1-7(4-3-5-9(11)12)6-8(2)10(13)14/h7-14H,3-6H2,1-2H3. The Labute approximate surface area is 85.2 Å². The van der Waals surface area contributed by atoms with Crippen LogP contribution < -0.4 is 0 Å². The molecule has 86 valence electrons. The first-order valence-corrected chi connectivity index (χ1v) is 5.15. The van der Waals surface area contributed by atoms with Crippen LogP contribution >= 0.6 is 0 Å². The van der Waals surface area contributed by atoms with E-state index in [-0.39, 0.29) is 5.92 Å². The van der Waals surface area contributed by atoms with Gasteiger partial charge in [0.25, 0.3) is 0 Å². The molecule has 4 heteroatoms. The van der Waals surface area contributed by atoms with Crippen LogP contribution in [0.15, 0.2) is 0 Å². The molecule has 0 rings (SSSR count). The van der Waals surface area contributed by atoms with Gasteiger partial charge in [0.2, 0.25) is 0 Å². The molecule has 0 radical (unpaired) electrons. The molecule has 0 aromatic rings. The van der Waals surface area contributed by atoms with Crippen LogP contribution in [0, 0.1) is 11.8 Å². The van der Waals surface area contributed by atoms with Crippen LogP contribution in [0.25, 0.3) is 0 Å². The molecule has 0 aromatic heterocycles. The molecular weight excluding hydrogens is 184 g/mol. The maximum atomic E-state index is 8.86. The van der Waals surface area contributed by atoms with Crippen molar-refractivity contribution < 1.29 is 20.4 Å². The summed E-state index contributed by atoms with van der Waals surface area (Å²) in [6.45, 7) is 3.82. The van der Waals surface area contributed by atoms with Crippen molar-refractivity contribution in [1.29, 1.82) is 0 Å². The highest BCUT2D eigenvalue weighted by atomic mass is 16.5. The molecule has 0 heterocycles. The van der Waals surface area contributed by atoms with Crippen LogP contribution in [0.5, 0.6) is 0 Å². The minimum atomic E-state index is -1.25. The van der Waals surface area contributed by atoms with Crippen LogP contribution in [0.2, 0.25) is 0 Å². The molecule has 0 saturated heterocycles. The van der Waals surface area contributed by atoms with Gasteiger partial charge in [-0.05, 0) is 25.2 Å². The Morgan fingerprint density at radius 1 is 0.929 bits per heavy atom. The number of aliphatic hydroxyl groups excluding tert-OH is 2. The molecule has 0 aliphatic rings. The Balaban J connectivity index is 3.50. The van der Waals surface area contributed by atoms with Gasteiger partial charge in [0.1, 0.15) is 0 Å². The van der Waals surface area contributed by atoms with E-state index >= 15 is 0 Å². The zero-order valence-electron chi connectivity index (χ0n) is 8.93. The van der Waals surface area contributed by atoms with Gasteiger partial charge in [0.15, 0.2) is 12.6 Å². The highest BCUT2D eigenvalue weighted by Gasteiger charge is 2.14. The predicted octanol–water partition coefficient (Wildman–Crippen LogP) is 0.440. The average molecular weight is 206 g/mol. The molecule has 0 aliphatic carbocycles. The summed E-state index contributed by atoms with van der Waals surface area (Å²) in [4.78, 5) is 0. The van der Waals surface area contributed by atoms with Crippen molar-refractivity contribution in [2.24, 2.45) is 11.8 Å². The Kier molecular flexibility index (Phi) is 7.09. The second-order valence-electron chi connectivity index (χ2n) is 4.14. The summed E-state index contributed by atoms with van der Waals surface area (Å²) in [5.41, 5.74) is 0. The van der Waals surface area contributed by atoms with Crippen molar-refractivity contribution in [3.8, 4) is 0 Å². The molecular formula is C10H22O4. The summed E-state index contributed by atoms with van der Waals surface area (Å²) in [6, 6.07) is 0. The van der Waals surface area contributed by atoms with Crippen molar-refractivity contribution in [2.45, 2.75) is 52.1 Å². The molecule has 4 nitrogen and oxygen atoms in total. The minimum absolute atomic E-state index is 0.121. The van der Waals surface area contributed by atoms with E-state index < -0.39 is 12.6 Å². The van der Waals surface area contributed by atoms with Gasteiger partial charge in [-0.15, -0.1) is 0 Å². The number of aliphatic hydroxyl groups is 4. The summed E-state index contributed by atoms with van der Waals surface area (Å²) in [5.74, 6) is 0.259. The molecule has 0 aliphatic heterocycles. The van der Waals surface area contributed by atoms with Crippen molar-refractivity contribution in [1.82, 2.24) is 0 Å². The van der Waals surface area contributed by atoms with E-state index in [1.165, 1.54) is 0 Å². The average Bonchev–Trinajstić information content (AvgIpc) is 2.02. The van der Waals surface area contributed by atoms with Gasteiger partial charge < -0.3 is 20.4 Å². The maximum Gasteiger partial charge on any atom is 0.154 e. The zero-order valence-corrected chi connectivity index (χ0v) is 8.93. The first-order valence-electron chi connectivity index (χ1n) is 5.15. The fourth-order valence-electron chi connectivity index (χ4n) is 1.52. The first-order chi connectivity index (χ1) is 6.43. The van der Waals surface area contributed by atoms with Gasteiger partial charge in [0.05, 0.1) is 0 Å². The summed E-state index contributed by atoms with van der Waals surface area (Å²) in [6.07, 6.45) is 0.311. The summed E-state index contributed by atoms with van der Waals surface area (Å²) in [5, 5.41) is 34.9. The zero-order chi connectivity index (χ0) is 11.1. The van der Waals surface area contributed by atoms with Gasteiger partial charge in [0, 0.05) is 5.92 Å². The van der Waals surface area contributed by atoms with E-state index in [1.54, 1.807) is 6.92 Å². The molecule has 0 aromatic carbocycles. The fraction of sp³-hybridized carbons (Fsp3) is 1.00. The second-order valence-corrected chi connectivity index (χ2v) is 4.14. The summed E-state index contributed by atoms with van der Waals surface area (Å²) >= 11 is 0. The highest BCUT2D eigenvalue weighted by molar-refractivity contribution is 4.61. The lowest BCUT2D eigenvalue weighted by molar-refractivity contribution is -0.0842. The van der Waals surface area contributed by atoms with Crippen molar-refractivity contribution in [3.63, 3.8) is 0 Å². The van der Waals surface area contributed by atoms with Gasteiger partial charge in [-0.2, -0.15) is 0 Å². The Morgan fingerprint density at radius 3 is 1.93 bits per heavy atom. The Morgan fingerprint density at radius 2 is 1.50 bits per heavy atom. The molecule has 4 N–H and O–H groups in total. The largest absolute Gasteiger partial charge is 0.368 e. The topological polar surface area (TPSA) is 80.9 Å². The van der Waals surface area contributed by atoms with E-state index in [1.807, 2.05) is 6.92 Å². The highest BCUT2D eigenvalue weighted by Crippen LogP contribution is 2.19. The van der Waals surface area contributed by atoms with Crippen molar-refractivity contribution in [3.05, 3.63) is 0 Å². The third-order valence-electron chi connectivity index (χ3n) is 2.44. The lowest BCUT2D eigenvalue weighted by Gasteiger charge is -2.18. The smallest absolute Gasteiger partial charge is 0.154 e. The maximum absolute atomic E-state index is 8.86. The first kappa shape index (κ1) is 13.8. The molecule has 0 saturated carbocycles. The van der Waals surface area contributed by atoms with Crippen LogP contribution in [0.1, 0.15) is 39.5 Å². The lowest BCUT2D eigenvalue weighted by atomic mass is 9.92. The molecule has 2 unspecified atom stereocenters. The van der Waals surface area contributed by atoms with E-state index in [9.17, 15) is 0 Å². The molecule has 0 amide bonds. The number of rotatable bonds is 7. The van der Waals surface area contributed by atoms with E-state index in [0.717, 1.165) is 19.3 Å². The second kappa shape index (κ2) is 7.17. The van der Waals surface area contributed by atoms with Crippen LogP contribution in [0.4, 0.5) is 0 Å². The number of hydrogen-bond acceptors (Lipinski definition) is 4. The van der Waals surface area contributed by atoms with Gasteiger partial charge in [-0.3, -0.25) is 0 Å². The van der Waals surface area contributed by atoms with E-state index in [2.05, 4.69) is 0 Å². The Bertz CT molecular complexity index is 136. The molecule has 14 heavy (non-hydrogen) atoms. The minimum Gasteiger partial charge on any atom is -0.368 e. The summed E-state index contributed by atoms with van der Waals surface area (Å²) in [7, 11) is 0. The van der Waals surface area contributed by atoms with Crippen LogP contribution in [0.3, 0.4) is 0 Å². The monoisotopic (exact) mass is 206 g/mol. The third-order valence-corrected chi connectivity index (χ3v) is 2.44. The van der Waals surface area contributed by atoms with Gasteiger partial charge in [-0.1, -0.05) is 20.3 Å². The molecule has 2 atom stereocenters. The summed E-state index contributed by atoms with van der Waals surface area (Å²) < 4.78 is 0. The van der Waals surface area contributed by atoms with Crippen molar-refractivity contribution in [2.75, 3.05) is 0 Å². The normalized spacial score (nSPS) is 16.3. The molecule has 0 fully saturated rings. The van der Waals surface area contributed by atoms with Gasteiger partial charge in [-0.25, -0.2) is 0 Å². The lowest BCUT2D eigenvalue weighted by Crippen LogP contribution is -2.19. The predicted molar refractivity (Wildman–Crippen MR) is 53.2 cm³/mol. The molecule has 0 bridgehead atoms. The van der Waals surface area contributed by atoms with Crippen LogP contribution in [-0.2, 0) is 0 Å². The van der Waals surface area contributed by atoms with Crippen LogP contribution in [-0.4, -0.2) is 33.0 Å². The Hall–Kier alpha value is -0.160. The van der Waals surface area contributed by atoms with Crippen molar-refractivity contribution >= 4 is 0 Å². The molecule has 0 spiro atoms.